The number of aromatic carboxylic acids is 1. The fourth-order valence-electron chi connectivity index (χ4n) is 3.91. The Kier molecular flexibility index (Phi) is 2.96. The second kappa shape index (κ2) is 4.84. The van der Waals surface area contributed by atoms with Crippen LogP contribution >= 0.6 is 0 Å². The van der Waals surface area contributed by atoms with Crippen LogP contribution in [-0.2, 0) is 0 Å². The summed E-state index contributed by atoms with van der Waals surface area (Å²) in [6.07, 6.45) is 6.77. The van der Waals surface area contributed by atoms with E-state index in [9.17, 15) is 4.79 Å². The molecule has 0 bridgehead atoms. The highest BCUT2D eigenvalue weighted by Crippen LogP contribution is 2.34. The van der Waals surface area contributed by atoms with Gasteiger partial charge in [0.1, 0.15) is 0 Å². The third-order valence-corrected chi connectivity index (χ3v) is 5.01. The molecule has 2 unspecified atom stereocenters. The zero-order valence-electron chi connectivity index (χ0n) is 11.9. The second-order valence-corrected chi connectivity index (χ2v) is 6.17. The van der Waals surface area contributed by atoms with Crippen LogP contribution in [-0.4, -0.2) is 44.7 Å². The van der Waals surface area contributed by atoms with Gasteiger partial charge >= 0.3 is 5.97 Å². The van der Waals surface area contributed by atoms with Gasteiger partial charge in [0.2, 0.25) is 0 Å². The van der Waals surface area contributed by atoms with Gasteiger partial charge in [0.25, 0.3) is 0 Å². The molecule has 1 aromatic carbocycles. The van der Waals surface area contributed by atoms with Crippen molar-refractivity contribution in [2.45, 2.75) is 37.8 Å². The molecule has 2 aliphatic rings. The van der Waals surface area contributed by atoms with Gasteiger partial charge in [0.15, 0.2) is 0 Å². The van der Waals surface area contributed by atoms with Crippen molar-refractivity contribution in [1.82, 2.24) is 14.5 Å². The Morgan fingerprint density at radius 1 is 1.24 bits per heavy atom. The number of carboxylic acids is 1. The number of benzene rings is 1. The van der Waals surface area contributed by atoms with Gasteiger partial charge in [0.05, 0.1) is 22.9 Å². The normalized spacial score (nSPS) is 26.1. The molecule has 4 rings (SSSR count). The van der Waals surface area contributed by atoms with Gasteiger partial charge in [-0.15, -0.1) is 0 Å². The van der Waals surface area contributed by atoms with Crippen LogP contribution in [0.5, 0.6) is 0 Å². The summed E-state index contributed by atoms with van der Waals surface area (Å²) in [4.78, 5) is 18.2. The van der Waals surface area contributed by atoms with E-state index < -0.39 is 5.97 Å². The zero-order valence-corrected chi connectivity index (χ0v) is 11.9. The molecular formula is C16H19N3O2. The molecule has 0 amide bonds. The van der Waals surface area contributed by atoms with Crippen molar-refractivity contribution in [3.8, 4) is 0 Å². The lowest BCUT2D eigenvalue weighted by atomic mass is 9.97. The van der Waals surface area contributed by atoms with Crippen molar-refractivity contribution in [3.63, 3.8) is 0 Å². The lowest BCUT2D eigenvalue weighted by molar-refractivity contribution is 0.0697. The number of carboxylic acid groups (broad SMARTS) is 1. The summed E-state index contributed by atoms with van der Waals surface area (Å²) < 4.78 is 2.19. The predicted octanol–water partition coefficient (Wildman–Crippen LogP) is 2.53. The lowest BCUT2D eigenvalue weighted by Crippen LogP contribution is -2.38. The number of rotatable bonds is 2. The monoisotopic (exact) mass is 285 g/mol. The van der Waals surface area contributed by atoms with Gasteiger partial charge in [0, 0.05) is 18.6 Å². The first-order valence-electron chi connectivity index (χ1n) is 7.66. The topological polar surface area (TPSA) is 58.4 Å². The quantitative estimate of drug-likeness (QED) is 0.921. The van der Waals surface area contributed by atoms with Crippen LogP contribution in [0.2, 0.25) is 0 Å². The summed E-state index contributed by atoms with van der Waals surface area (Å²) in [6.45, 7) is 2.39. The van der Waals surface area contributed by atoms with Crippen molar-refractivity contribution in [3.05, 3.63) is 30.1 Å². The maximum atomic E-state index is 11.2. The summed E-state index contributed by atoms with van der Waals surface area (Å²) in [5, 5.41) is 9.17. The average molecular weight is 285 g/mol. The smallest absolute Gasteiger partial charge is 0.335 e. The minimum Gasteiger partial charge on any atom is -0.478 e. The van der Waals surface area contributed by atoms with Crippen LogP contribution in [0.25, 0.3) is 11.0 Å². The number of carbonyl (C=O) groups is 1. The van der Waals surface area contributed by atoms with E-state index in [0.717, 1.165) is 30.4 Å². The van der Waals surface area contributed by atoms with Crippen LogP contribution in [0.15, 0.2) is 24.5 Å². The summed E-state index contributed by atoms with van der Waals surface area (Å²) >= 11 is 0. The standard InChI is InChI=1S/C16H19N3O2/c20-16(21)11-3-4-14-15(8-11)19(10-17-14)13-5-7-18-6-1-2-12(18)9-13/h3-4,8,10,12-13H,1-2,5-7,9H2,(H,20,21). The number of imidazole rings is 1. The summed E-state index contributed by atoms with van der Waals surface area (Å²) in [6, 6.07) is 6.33. The largest absolute Gasteiger partial charge is 0.478 e. The molecule has 1 N–H and O–H groups in total. The molecule has 3 heterocycles. The predicted molar refractivity (Wildman–Crippen MR) is 79.6 cm³/mol. The molecule has 2 aliphatic heterocycles. The highest BCUT2D eigenvalue weighted by molar-refractivity contribution is 5.92. The molecule has 1 aromatic heterocycles. The molecule has 0 saturated carbocycles. The Morgan fingerprint density at radius 2 is 2.14 bits per heavy atom. The minimum atomic E-state index is -0.879. The minimum absolute atomic E-state index is 0.336. The third-order valence-electron chi connectivity index (χ3n) is 5.01. The van der Waals surface area contributed by atoms with Crippen molar-refractivity contribution in [1.29, 1.82) is 0 Å². The fourth-order valence-corrected chi connectivity index (χ4v) is 3.91. The molecule has 0 radical (unpaired) electrons. The third kappa shape index (κ3) is 2.12. The van der Waals surface area contributed by atoms with Crippen molar-refractivity contribution >= 4 is 17.0 Å². The van der Waals surface area contributed by atoms with Gasteiger partial charge in [-0.1, -0.05) is 0 Å². The van der Waals surface area contributed by atoms with E-state index in [1.54, 1.807) is 18.2 Å². The van der Waals surface area contributed by atoms with Crippen LogP contribution in [0.4, 0.5) is 0 Å². The average Bonchev–Trinajstić information content (AvgIpc) is 3.12. The molecule has 0 spiro atoms. The van der Waals surface area contributed by atoms with E-state index in [1.807, 2.05) is 6.33 Å². The van der Waals surface area contributed by atoms with E-state index in [-0.39, 0.29) is 0 Å². The van der Waals surface area contributed by atoms with E-state index in [4.69, 9.17) is 5.11 Å². The molecule has 21 heavy (non-hydrogen) atoms. The summed E-state index contributed by atoms with van der Waals surface area (Å²) in [7, 11) is 0. The van der Waals surface area contributed by atoms with E-state index in [0.29, 0.717) is 17.6 Å². The highest BCUT2D eigenvalue weighted by Gasteiger charge is 2.32. The SMILES string of the molecule is O=C(O)c1ccc2ncn(C3CCN4CCCC4C3)c2c1. The van der Waals surface area contributed by atoms with Gasteiger partial charge in [-0.25, -0.2) is 9.78 Å². The Hall–Kier alpha value is -1.88. The van der Waals surface area contributed by atoms with Gasteiger partial charge in [-0.2, -0.15) is 0 Å². The molecule has 110 valence electrons. The maximum Gasteiger partial charge on any atom is 0.335 e. The lowest BCUT2D eigenvalue weighted by Gasteiger charge is -2.35. The van der Waals surface area contributed by atoms with Gasteiger partial charge in [-0.3, -0.25) is 0 Å². The Morgan fingerprint density at radius 3 is 3.00 bits per heavy atom. The van der Waals surface area contributed by atoms with Crippen LogP contribution < -0.4 is 0 Å². The van der Waals surface area contributed by atoms with Crippen molar-refractivity contribution in [2.75, 3.05) is 13.1 Å². The molecule has 0 aliphatic carbocycles. The molecular weight excluding hydrogens is 266 g/mol. The number of fused-ring (bicyclic) bond motifs is 2. The Bertz CT molecular complexity index is 694. The Labute approximate surface area is 123 Å². The van der Waals surface area contributed by atoms with Crippen LogP contribution in [0, 0.1) is 0 Å². The highest BCUT2D eigenvalue weighted by atomic mass is 16.4. The van der Waals surface area contributed by atoms with Crippen LogP contribution in [0.3, 0.4) is 0 Å². The second-order valence-electron chi connectivity index (χ2n) is 6.17. The fraction of sp³-hybridized carbons (Fsp3) is 0.500. The zero-order chi connectivity index (χ0) is 14.4. The first-order chi connectivity index (χ1) is 10.2. The van der Waals surface area contributed by atoms with Crippen molar-refractivity contribution < 1.29 is 9.90 Å². The van der Waals surface area contributed by atoms with Crippen LogP contribution in [0.1, 0.15) is 42.1 Å². The van der Waals surface area contributed by atoms with E-state index in [2.05, 4.69) is 14.5 Å². The molecule has 5 nitrogen and oxygen atoms in total. The maximum absolute atomic E-state index is 11.2. The number of nitrogens with zero attached hydrogens (tertiary/aromatic N) is 3. The number of hydrogen-bond donors (Lipinski definition) is 1. The van der Waals surface area contributed by atoms with Gasteiger partial charge in [-0.05, 0) is 50.4 Å². The Balaban J connectivity index is 1.69. The number of aromatic nitrogens is 2. The van der Waals surface area contributed by atoms with E-state index >= 15 is 0 Å². The first-order valence-corrected chi connectivity index (χ1v) is 7.66. The molecule has 2 aromatic rings. The first kappa shape index (κ1) is 12.8. The number of hydrogen-bond acceptors (Lipinski definition) is 3. The number of piperidine rings is 1. The van der Waals surface area contributed by atoms with Gasteiger partial charge < -0.3 is 14.6 Å². The van der Waals surface area contributed by atoms with Crippen molar-refractivity contribution in [2.24, 2.45) is 0 Å². The van der Waals surface area contributed by atoms with E-state index in [1.165, 1.54) is 19.4 Å². The summed E-state index contributed by atoms with van der Waals surface area (Å²) in [5.41, 5.74) is 2.17. The molecule has 5 heteroatoms. The molecule has 2 fully saturated rings. The summed E-state index contributed by atoms with van der Waals surface area (Å²) in [5.74, 6) is -0.879. The molecule has 2 atom stereocenters. The molecule has 2 saturated heterocycles.